The summed E-state index contributed by atoms with van der Waals surface area (Å²) in [4.78, 5) is 39.5. The molecule has 0 aromatic heterocycles. The molecule has 0 unspecified atom stereocenters. The number of carbonyl (C=O) groups excluding carboxylic acids is 3. The number of ketones is 1. The molecule has 0 aliphatic carbocycles. The molecule has 0 N–H and O–H groups in total. The van der Waals surface area contributed by atoms with E-state index in [4.69, 9.17) is 9.47 Å². The average molecular weight is 312 g/mol. The van der Waals surface area contributed by atoms with Crippen LogP contribution in [0.25, 0.3) is 0 Å². The van der Waals surface area contributed by atoms with Crippen LogP contribution in [0.1, 0.15) is 13.8 Å². The molecule has 0 fully saturated rings. The van der Waals surface area contributed by atoms with Crippen LogP contribution in [0.2, 0.25) is 0 Å². The van der Waals surface area contributed by atoms with Gasteiger partial charge in [0.2, 0.25) is 5.78 Å². The highest BCUT2D eigenvalue weighted by Gasteiger charge is 2.28. The second kappa shape index (κ2) is 9.59. The predicted octanol–water partition coefficient (Wildman–Crippen LogP) is 0.573. The lowest BCUT2D eigenvalue weighted by Gasteiger charge is -2.14. The van der Waals surface area contributed by atoms with Gasteiger partial charge in [0.25, 0.3) is 0 Å². The SMILES string of the molecule is CCOC(=O)/C(=C/N(C)C)C(=O)/C(=C\N(C)C)C(=O)OCC. The first-order valence-electron chi connectivity index (χ1n) is 6.89. The molecule has 0 bridgehead atoms. The maximum absolute atomic E-state index is 12.6. The van der Waals surface area contributed by atoms with E-state index in [9.17, 15) is 14.4 Å². The molecule has 22 heavy (non-hydrogen) atoms. The zero-order valence-electron chi connectivity index (χ0n) is 14.0. The summed E-state index contributed by atoms with van der Waals surface area (Å²) in [5.41, 5.74) is -0.457. The molecular formula is C15H24N2O5. The lowest BCUT2D eigenvalue weighted by molar-refractivity contribution is -0.141. The Kier molecular flexibility index (Phi) is 8.59. The van der Waals surface area contributed by atoms with E-state index in [0.717, 1.165) is 0 Å². The van der Waals surface area contributed by atoms with E-state index in [1.165, 1.54) is 22.2 Å². The Bertz CT molecular complexity index is 436. The monoisotopic (exact) mass is 312 g/mol. The Labute approximate surface area is 131 Å². The van der Waals surface area contributed by atoms with Crippen molar-refractivity contribution in [2.45, 2.75) is 13.8 Å². The Balaban J connectivity index is 5.73. The number of Topliss-reactive ketones (excluding diaryl/α,β-unsaturated/α-hetero) is 1. The summed E-state index contributed by atoms with van der Waals surface area (Å²) in [7, 11) is 6.64. The third kappa shape index (κ3) is 6.43. The molecule has 0 aromatic rings. The van der Waals surface area contributed by atoms with Gasteiger partial charge in [0.05, 0.1) is 13.2 Å². The van der Waals surface area contributed by atoms with Crippen LogP contribution in [-0.2, 0) is 23.9 Å². The summed E-state index contributed by atoms with van der Waals surface area (Å²) in [5.74, 6) is -2.30. The number of nitrogens with zero attached hydrogens (tertiary/aromatic N) is 2. The van der Waals surface area contributed by atoms with Crippen molar-refractivity contribution in [2.24, 2.45) is 0 Å². The van der Waals surface area contributed by atoms with Gasteiger partial charge in [0.1, 0.15) is 11.1 Å². The summed E-state index contributed by atoms with van der Waals surface area (Å²) < 4.78 is 9.75. The topological polar surface area (TPSA) is 76.2 Å². The summed E-state index contributed by atoms with van der Waals surface area (Å²) in [5, 5.41) is 0. The highest BCUT2D eigenvalue weighted by Crippen LogP contribution is 2.12. The first-order chi connectivity index (χ1) is 10.2. The van der Waals surface area contributed by atoms with Crippen molar-refractivity contribution in [3.05, 3.63) is 23.5 Å². The van der Waals surface area contributed by atoms with Gasteiger partial charge in [-0.3, -0.25) is 4.79 Å². The van der Waals surface area contributed by atoms with Crippen LogP contribution in [0.15, 0.2) is 23.5 Å². The first kappa shape index (κ1) is 19.7. The van der Waals surface area contributed by atoms with Gasteiger partial charge in [-0.05, 0) is 13.8 Å². The Morgan fingerprint density at radius 1 is 0.773 bits per heavy atom. The fourth-order valence-corrected chi connectivity index (χ4v) is 1.49. The van der Waals surface area contributed by atoms with Crippen molar-refractivity contribution < 1.29 is 23.9 Å². The zero-order valence-corrected chi connectivity index (χ0v) is 14.0. The number of carbonyl (C=O) groups is 3. The molecule has 7 nitrogen and oxygen atoms in total. The van der Waals surface area contributed by atoms with Gasteiger partial charge in [-0.1, -0.05) is 0 Å². The van der Waals surface area contributed by atoms with E-state index in [2.05, 4.69) is 0 Å². The van der Waals surface area contributed by atoms with Crippen molar-refractivity contribution in [2.75, 3.05) is 41.4 Å². The molecular weight excluding hydrogens is 288 g/mol. The van der Waals surface area contributed by atoms with Crippen molar-refractivity contribution in [1.82, 2.24) is 9.80 Å². The van der Waals surface area contributed by atoms with Gasteiger partial charge in [0, 0.05) is 40.6 Å². The second-order valence-corrected chi connectivity index (χ2v) is 4.78. The second-order valence-electron chi connectivity index (χ2n) is 4.78. The van der Waals surface area contributed by atoms with Crippen molar-refractivity contribution in [3.63, 3.8) is 0 Å². The highest BCUT2D eigenvalue weighted by molar-refractivity contribution is 6.32. The van der Waals surface area contributed by atoms with E-state index in [1.54, 1.807) is 42.0 Å². The molecule has 0 atom stereocenters. The maximum Gasteiger partial charge on any atom is 0.343 e. The van der Waals surface area contributed by atoms with E-state index in [-0.39, 0.29) is 24.4 Å². The summed E-state index contributed by atoms with van der Waals surface area (Å²) in [6.45, 7) is 3.53. The molecule has 0 aliphatic heterocycles. The smallest absolute Gasteiger partial charge is 0.343 e. The van der Waals surface area contributed by atoms with Crippen molar-refractivity contribution in [3.8, 4) is 0 Å². The number of esters is 2. The van der Waals surface area contributed by atoms with Gasteiger partial charge in [0.15, 0.2) is 0 Å². The van der Waals surface area contributed by atoms with Crippen LogP contribution in [0, 0.1) is 0 Å². The fourth-order valence-electron chi connectivity index (χ4n) is 1.49. The molecule has 0 rings (SSSR count). The van der Waals surface area contributed by atoms with E-state index in [1.807, 2.05) is 0 Å². The minimum absolute atomic E-state index is 0.128. The zero-order chi connectivity index (χ0) is 17.3. The van der Waals surface area contributed by atoms with Gasteiger partial charge in [-0.2, -0.15) is 0 Å². The highest BCUT2D eigenvalue weighted by atomic mass is 16.5. The van der Waals surface area contributed by atoms with Gasteiger partial charge in [-0.25, -0.2) is 9.59 Å². The molecule has 0 aliphatic rings. The average Bonchev–Trinajstić information content (AvgIpc) is 2.41. The van der Waals surface area contributed by atoms with Crippen LogP contribution < -0.4 is 0 Å². The van der Waals surface area contributed by atoms with E-state index >= 15 is 0 Å². The predicted molar refractivity (Wildman–Crippen MR) is 81.8 cm³/mol. The Morgan fingerprint density at radius 3 is 1.32 bits per heavy atom. The Hall–Kier alpha value is -2.31. The minimum Gasteiger partial charge on any atom is -0.462 e. The number of hydrogen-bond acceptors (Lipinski definition) is 7. The summed E-state index contributed by atoms with van der Waals surface area (Å²) in [6, 6.07) is 0. The van der Waals surface area contributed by atoms with Crippen LogP contribution in [0.3, 0.4) is 0 Å². The van der Waals surface area contributed by atoms with Crippen LogP contribution in [0.4, 0.5) is 0 Å². The molecule has 0 saturated heterocycles. The fraction of sp³-hybridized carbons (Fsp3) is 0.533. The number of rotatable bonds is 8. The van der Waals surface area contributed by atoms with Gasteiger partial charge < -0.3 is 19.3 Å². The summed E-state index contributed by atoms with van der Waals surface area (Å²) >= 11 is 0. The Morgan fingerprint density at radius 2 is 1.09 bits per heavy atom. The molecule has 7 heteroatoms. The summed E-state index contributed by atoms with van der Waals surface area (Å²) in [6.07, 6.45) is 2.64. The van der Waals surface area contributed by atoms with Crippen LogP contribution in [-0.4, -0.2) is 68.9 Å². The third-order valence-corrected chi connectivity index (χ3v) is 2.25. The molecule has 0 amide bonds. The number of hydrogen-bond donors (Lipinski definition) is 0. The minimum atomic E-state index is -0.782. The molecule has 0 aromatic carbocycles. The third-order valence-electron chi connectivity index (χ3n) is 2.25. The molecule has 0 spiro atoms. The van der Waals surface area contributed by atoms with Gasteiger partial charge in [-0.15, -0.1) is 0 Å². The lowest BCUT2D eigenvalue weighted by Crippen LogP contribution is -2.26. The molecule has 0 saturated carbocycles. The quantitative estimate of drug-likeness (QED) is 0.281. The molecule has 0 radical (unpaired) electrons. The largest absolute Gasteiger partial charge is 0.462 e. The molecule has 124 valence electrons. The lowest BCUT2D eigenvalue weighted by atomic mass is 10.0. The maximum atomic E-state index is 12.6. The first-order valence-corrected chi connectivity index (χ1v) is 6.89. The van der Waals surface area contributed by atoms with Gasteiger partial charge >= 0.3 is 11.9 Å². The van der Waals surface area contributed by atoms with Crippen LogP contribution in [0.5, 0.6) is 0 Å². The normalized spacial score (nSPS) is 11.7. The standard InChI is InChI=1S/C15H24N2O5/c1-7-21-14(19)11(9-16(3)4)13(18)12(10-17(5)6)15(20)22-8-2/h9-10H,7-8H2,1-6H3/b11-9+,12-10+. The molecule has 0 heterocycles. The van der Waals surface area contributed by atoms with Crippen molar-refractivity contribution in [1.29, 1.82) is 0 Å². The number of ether oxygens (including phenoxy) is 2. The van der Waals surface area contributed by atoms with E-state index < -0.39 is 17.7 Å². The van der Waals surface area contributed by atoms with E-state index in [0.29, 0.717) is 0 Å². The van der Waals surface area contributed by atoms with Crippen LogP contribution >= 0.6 is 0 Å². The van der Waals surface area contributed by atoms with Crippen molar-refractivity contribution >= 4 is 17.7 Å².